The number of aliphatic hydroxyl groups excluding tert-OH is 1. The topological polar surface area (TPSA) is 85.2 Å². The van der Waals surface area contributed by atoms with E-state index in [-0.39, 0.29) is 35.3 Å². The van der Waals surface area contributed by atoms with Crippen LogP contribution in [0.5, 0.6) is 5.75 Å². The number of nitrogens with zero attached hydrogens (tertiary/aromatic N) is 1. The summed E-state index contributed by atoms with van der Waals surface area (Å²) in [5.41, 5.74) is 2.84. The third kappa shape index (κ3) is 5.68. The summed E-state index contributed by atoms with van der Waals surface area (Å²) in [5, 5.41) is 10.9. The molecule has 0 aromatic heterocycles. The lowest BCUT2D eigenvalue weighted by Gasteiger charge is -2.10. The zero-order valence-corrected chi connectivity index (χ0v) is 19.1. The van der Waals surface area contributed by atoms with Gasteiger partial charge in [0.05, 0.1) is 11.5 Å². The number of para-hydroxylation sites is 1. The van der Waals surface area contributed by atoms with Gasteiger partial charge < -0.3 is 14.6 Å². The molecule has 6 nitrogen and oxygen atoms in total. The number of hydrogen-bond acceptors (Lipinski definition) is 6. The van der Waals surface area contributed by atoms with E-state index in [1.54, 1.807) is 19.9 Å². The minimum atomic E-state index is -0.715. The van der Waals surface area contributed by atoms with Crippen molar-refractivity contribution >= 4 is 34.8 Å². The molecule has 0 saturated carbocycles. The van der Waals surface area contributed by atoms with Crippen LogP contribution in [-0.4, -0.2) is 28.6 Å². The van der Waals surface area contributed by atoms with Crippen molar-refractivity contribution in [3.63, 3.8) is 0 Å². The molecule has 1 amide bonds. The Bertz CT molecular complexity index is 1100. The van der Waals surface area contributed by atoms with Crippen molar-refractivity contribution in [1.82, 2.24) is 0 Å². The first kappa shape index (κ1) is 23.3. The molecule has 0 bridgehead atoms. The van der Waals surface area contributed by atoms with Crippen LogP contribution in [0.25, 0.3) is 6.08 Å². The Balaban J connectivity index is 1.91. The molecule has 2 aromatic rings. The third-order valence-corrected chi connectivity index (χ3v) is 5.64. The average Bonchev–Trinajstić information content (AvgIpc) is 3.08. The lowest BCUT2D eigenvalue weighted by Crippen LogP contribution is -2.14. The summed E-state index contributed by atoms with van der Waals surface area (Å²) in [6, 6.07) is 15.5. The van der Waals surface area contributed by atoms with Crippen LogP contribution in [0.1, 0.15) is 37.0 Å². The molecule has 0 aliphatic carbocycles. The van der Waals surface area contributed by atoms with Crippen molar-refractivity contribution in [2.45, 2.75) is 33.8 Å². The maximum Gasteiger partial charge on any atom is 0.344 e. The van der Waals surface area contributed by atoms with Gasteiger partial charge in [0.25, 0.3) is 0 Å². The number of rotatable bonds is 7. The fourth-order valence-electron chi connectivity index (χ4n) is 2.90. The summed E-state index contributed by atoms with van der Waals surface area (Å²) in [7, 11) is 0. The van der Waals surface area contributed by atoms with Gasteiger partial charge >= 0.3 is 5.97 Å². The van der Waals surface area contributed by atoms with Crippen molar-refractivity contribution in [1.29, 1.82) is 0 Å². The maximum absolute atomic E-state index is 12.4. The van der Waals surface area contributed by atoms with Gasteiger partial charge in [0.1, 0.15) is 28.7 Å². The van der Waals surface area contributed by atoms with Gasteiger partial charge in [-0.1, -0.05) is 66.7 Å². The van der Waals surface area contributed by atoms with E-state index in [1.165, 1.54) is 5.56 Å². The van der Waals surface area contributed by atoms with Gasteiger partial charge in [0, 0.05) is 12.0 Å². The molecule has 0 unspecified atom stereocenters. The Kier molecular flexibility index (Phi) is 7.89. The van der Waals surface area contributed by atoms with Crippen molar-refractivity contribution in [3.8, 4) is 5.75 Å². The molecule has 2 aromatic carbocycles. The molecule has 1 aliphatic heterocycles. The number of carbonyl (C=O) groups excluding carboxylic acids is 2. The fraction of sp³-hybridized carbons (Fsp3) is 0.240. The van der Waals surface area contributed by atoms with Crippen LogP contribution in [0.3, 0.4) is 0 Å². The van der Waals surface area contributed by atoms with Crippen LogP contribution in [0.15, 0.2) is 69.8 Å². The van der Waals surface area contributed by atoms with Crippen LogP contribution in [0.2, 0.25) is 0 Å². The van der Waals surface area contributed by atoms with Gasteiger partial charge in [-0.2, -0.15) is 0 Å². The van der Waals surface area contributed by atoms with Crippen LogP contribution in [0, 0.1) is 6.92 Å². The molecule has 0 fully saturated rings. The van der Waals surface area contributed by atoms with Crippen LogP contribution in [-0.2, 0) is 20.9 Å². The number of aliphatic imine (C=N–C) groups is 1. The molecule has 0 radical (unpaired) electrons. The molecule has 0 atom stereocenters. The Labute approximate surface area is 191 Å². The smallest absolute Gasteiger partial charge is 0.344 e. The number of aliphatic hydroxyl groups is 1. The predicted octanol–water partition coefficient (Wildman–Crippen LogP) is 5.37. The van der Waals surface area contributed by atoms with E-state index in [2.05, 4.69) is 4.99 Å². The standard InChI is InChI=1S/C25H25NO5S/c1-4-21(27)26-24-22(25(29)30-5-2)23(28)20(32-24)14-18-8-6-7-9-19(18)31-15-17-12-10-16(3)11-13-17/h6-14,28H,4-5,15H2,1-3H3/b20-14-,26-24?. The first-order valence-electron chi connectivity index (χ1n) is 10.3. The summed E-state index contributed by atoms with van der Waals surface area (Å²) in [4.78, 5) is 28.6. The molecule has 166 valence electrons. The maximum atomic E-state index is 12.4. The summed E-state index contributed by atoms with van der Waals surface area (Å²) in [6.45, 7) is 5.91. The molecule has 1 heterocycles. The van der Waals surface area contributed by atoms with Gasteiger partial charge in [0.2, 0.25) is 5.91 Å². The summed E-state index contributed by atoms with van der Waals surface area (Å²) >= 11 is 1.05. The lowest BCUT2D eigenvalue weighted by molar-refractivity contribution is -0.138. The molecular weight excluding hydrogens is 426 g/mol. The number of ether oxygens (including phenoxy) is 2. The molecule has 0 saturated heterocycles. The lowest BCUT2D eigenvalue weighted by atomic mass is 10.1. The highest BCUT2D eigenvalue weighted by Gasteiger charge is 2.33. The molecular formula is C25H25NO5S. The van der Waals surface area contributed by atoms with Gasteiger partial charge in [-0.25, -0.2) is 9.79 Å². The molecule has 32 heavy (non-hydrogen) atoms. The van der Waals surface area contributed by atoms with Crippen LogP contribution < -0.4 is 4.74 Å². The highest BCUT2D eigenvalue weighted by Crippen LogP contribution is 2.40. The van der Waals surface area contributed by atoms with Crippen LogP contribution in [0.4, 0.5) is 0 Å². The predicted molar refractivity (Wildman–Crippen MR) is 127 cm³/mol. The van der Waals surface area contributed by atoms with Crippen molar-refractivity contribution in [2.75, 3.05) is 6.61 Å². The monoisotopic (exact) mass is 451 g/mol. The number of amides is 1. The van der Waals surface area contributed by atoms with E-state index < -0.39 is 5.97 Å². The van der Waals surface area contributed by atoms with Gasteiger partial charge in [-0.3, -0.25) is 4.79 Å². The highest BCUT2D eigenvalue weighted by atomic mass is 32.2. The number of aryl methyl sites for hydroxylation is 1. The van der Waals surface area contributed by atoms with Crippen LogP contribution >= 0.6 is 11.8 Å². The first-order valence-corrected chi connectivity index (χ1v) is 11.1. The van der Waals surface area contributed by atoms with E-state index in [9.17, 15) is 14.7 Å². The summed E-state index contributed by atoms with van der Waals surface area (Å²) in [6.07, 6.45) is 1.90. The molecule has 1 aliphatic rings. The molecule has 1 N–H and O–H groups in total. The Morgan fingerprint density at radius 2 is 1.81 bits per heavy atom. The number of thioether (sulfide) groups is 1. The van der Waals surface area contributed by atoms with E-state index >= 15 is 0 Å². The van der Waals surface area contributed by atoms with Gasteiger partial charge in [-0.15, -0.1) is 0 Å². The van der Waals surface area contributed by atoms with Crippen molar-refractivity contribution in [3.05, 3.63) is 81.5 Å². The number of hydrogen-bond donors (Lipinski definition) is 1. The second-order valence-corrected chi connectivity index (χ2v) is 8.06. The number of esters is 1. The zero-order chi connectivity index (χ0) is 23.1. The van der Waals surface area contributed by atoms with E-state index in [4.69, 9.17) is 9.47 Å². The van der Waals surface area contributed by atoms with E-state index in [0.29, 0.717) is 17.3 Å². The van der Waals surface area contributed by atoms with Gasteiger partial charge in [-0.05, 0) is 31.6 Å². The first-order chi connectivity index (χ1) is 15.4. The second-order valence-electron chi connectivity index (χ2n) is 7.03. The molecule has 0 spiro atoms. The Hall–Kier alpha value is -3.32. The van der Waals surface area contributed by atoms with Crippen molar-refractivity contribution < 1.29 is 24.2 Å². The summed E-state index contributed by atoms with van der Waals surface area (Å²) in [5.74, 6) is -0.733. The largest absolute Gasteiger partial charge is 0.506 e. The Morgan fingerprint density at radius 3 is 2.50 bits per heavy atom. The normalized spacial score (nSPS) is 16.0. The zero-order valence-electron chi connectivity index (χ0n) is 18.3. The number of benzene rings is 2. The fourth-order valence-corrected chi connectivity index (χ4v) is 3.92. The van der Waals surface area contributed by atoms with E-state index in [0.717, 1.165) is 22.9 Å². The minimum absolute atomic E-state index is 0.0945. The van der Waals surface area contributed by atoms with E-state index in [1.807, 2.05) is 55.5 Å². The number of carbonyl (C=O) groups is 2. The highest BCUT2D eigenvalue weighted by molar-refractivity contribution is 8.18. The molecule has 7 heteroatoms. The van der Waals surface area contributed by atoms with Gasteiger partial charge in [0.15, 0.2) is 0 Å². The minimum Gasteiger partial charge on any atom is -0.506 e. The van der Waals surface area contributed by atoms with Crippen molar-refractivity contribution in [2.24, 2.45) is 4.99 Å². The quantitative estimate of drug-likeness (QED) is 0.570. The average molecular weight is 452 g/mol. The molecule has 3 rings (SSSR count). The third-order valence-electron chi connectivity index (χ3n) is 4.62. The summed E-state index contributed by atoms with van der Waals surface area (Å²) < 4.78 is 11.0. The second kappa shape index (κ2) is 10.8. The SMILES string of the molecule is CCOC(=O)C1=C(O)/C(=C/c2ccccc2OCc2ccc(C)cc2)SC1=NC(=O)CC. The Morgan fingerprint density at radius 1 is 1.09 bits per heavy atom.